The molecule has 0 saturated heterocycles. The van der Waals surface area contributed by atoms with E-state index in [0.29, 0.717) is 12.2 Å². The molecule has 17 heavy (non-hydrogen) atoms. The molecule has 2 aromatic carbocycles. The topological polar surface area (TPSA) is 78.1 Å². The summed E-state index contributed by atoms with van der Waals surface area (Å²) in [6, 6.07) is 15.5. The number of anilines is 1. The lowest BCUT2D eigenvalue weighted by Gasteiger charge is -2.15. The summed E-state index contributed by atoms with van der Waals surface area (Å²) in [4.78, 5) is 0. The SMILES string of the molecule is NCc1ccc(C(N)c2ccccc2)c(N)c1. The first-order valence-electron chi connectivity index (χ1n) is 5.61. The van der Waals surface area contributed by atoms with Crippen molar-refractivity contribution >= 4 is 5.69 Å². The van der Waals surface area contributed by atoms with E-state index in [2.05, 4.69) is 0 Å². The number of hydrogen-bond acceptors (Lipinski definition) is 3. The van der Waals surface area contributed by atoms with Gasteiger partial charge in [-0.25, -0.2) is 0 Å². The predicted molar refractivity (Wildman–Crippen MR) is 71.2 cm³/mol. The van der Waals surface area contributed by atoms with E-state index in [1.165, 1.54) is 0 Å². The fourth-order valence-corrected chi connectivity index (χ4v) is 1.87. The number of nitrogens with two attached hydrogens (primary N) is 3. The van der Waals surface area contributed by atoms with Crippen LogP contribution in [0.5, 0.6) is 0 Å². The molecule has 2 aromatic rings. The van der Waals surface area contributed by atoms with Crippen molar-refractivity contribution in [2.75, 3.05) is 5.73 Å². The Hall–Kier alpha value is -1.84. The average molecular weight is 227 g/mol. The number of hydrogen-bond donors (Lipinski definition) is 3. The van der Waals surface area contributed by atoms with E-state index in [0.717, 1.165) is 16.7 Å². The third-order valence-corrected chi connectivity index (χ3v) is 2.88. The second-order valence-corrected chi connectivity index (χ2v) is 4.06. The molecule has 2 rings (SSSR count). The van der Waals surface area contributed by atoms with Gasteiger partial charge in [0.05, 0.1) is 6.04 Å². The molecule has 0 spiro atoms. The van der Waals surface area contributed by atoms with E-state index in [1.54, 1.807) is 0 Å². The second kappa shape index (κ2) is 4.99. The van der Waals surface area contributed by atoms with Gasteiger partial charge in [-0.3, -0.25) is 0 Å². The van der Waals surface area contributed by atoms with Crippen LogP contribution in [-0.2, 0) is 6.54 Å². The Morgan fingerprint density at radius 3 is 2.29 bits per heavy atom. The third-order valence-electron chi connectivity index (χ3n) is 2.88. The van der Waals surface area contributed by atoms with Gasteiger partial charge in [0.1, 0.15) is 0 Å². The van der Waals surface area contributed by atoms with Crippen molar-refractivity contribution < 1.29 is 0 Å². The Labute approximate surface area is 101 Å². The van der Waals surface area contributed by atoms with Gasteiger partial charge in [0.25, 0.3) is 0 Å². The molecular formula is C14H17N3. The van der Waals surface area contributed by atoms with Gasteiger partial charge in [0, 0.05) is 12.2 Å². The zero-order chi connectivity index (χ0) is 12.3. The molecule has 88 valence electrons. The van der Waals surface area contributed by atoms with Crippen LogP contribution in [0.1, 0.15) is 22.7 Å². The van der Waals surface area contributed by atoms with Gasteiger partial charge < -0.3 is 17.2 Å². The maximum atomic E-state index is 6.20. The molecule has 0 saturated carbocycles. The lowest BCUT2D eigenvalue weighted by molar-refractivity contribution is 0.872. The Balaban J connectivity index is 2.34. The summed E-state index contributed by atoms with van der Waals surface area (Å²) in [6.07, 6.45) is 0. The average Bonchev–Trinajstić information content (AvgIpc) is 2.39. The first-order valence-corrected chi connectivity index (χ1v) is 5.61. The fourth-order valence-electron chi connectivity index (χ4n) is 1.87. The van der Waals surface area contributed by atoms with Crippen LogP contribution in [0.25, 0.3) is 0 Å². The van der Waals surface area contributed by atoms with E-state index in [9.17, 15) is 0 Å². The molecule has 0 aromatic heterocycles. The van der Waals surface area contributed by atoms with Gasteiger partial charge in [-0.2, -0.15) is 0 Å². The maximum Gasteiger partial charge on any atom is 0.0572 e. The van der Waals surface area contributed by atoms with Crippen LogP contribution in [0.4, 0.5) is 5.69 Å². The Bertz CT molecular complexity index is 494. The van der Waals surface area contributed by atoms with Crippen LogP contribution in [0.2, 0.25) is 0 Å². The Morgan fingerprint density at radius 1 is 1.00 bits per heavy atom. The zero-order valence-electron chi connectivity index (χ0n) is 9.64. The third kappa shape index (κ3) is 2.46. The number of nitrogen functional groups attached to an aromatic ring is 1. The molecule has 0 aliphatic heterocycles. The molecule has 3 heteroatoms. The van der Waals surface area contributed by atoms with Crippen molar-refractivity contribution in [3.63, 3.8) is 0 Å². The largest absolute Gasteiger partial charge is 0.398 e. The molecule has 0 aliphatic carbocycles. The smallest absolute Gasteiger partial charge is 0.0572 e. The molecule has 0 fully saturated rings. The standard InChI is InChI=1S/C14H17N3/c15-9-10-6-7-12(13(16)8-10)14(17)11-4-2-1-3-5-11/h1-8,14H,9,15-17H2. The Morgan fingerprint density at radius 2 is 1.71 bits per heavy atom. The highest BCUT2D eigenvalue weighted by Crippen LogP contribution is 2.25. The predicted octanol–water partition coefficient (Wildman–Crippen LogP) is 1.78. The molecule has 0 aliphatic rings. The van der Waals surface area contributed by atoms with E-state index in [1.807, 2.05) is 48.5 Å². The van der Waals surface area contributed by atoms with Crippen LogP contribution in [0.15, 0.2) is 48.5 Å². The minimum atomic E-state index is -0.192. The van der Waals surface area contributed by atoms with Crippen molar-refractivity contribution in [2.24, 2.45) is 11.5 Å². The first kappa shape index (κ1) is 11.6. The molecule has 1 unspecified atom stereocenters. The first-order chi connectivity index (χ1) is 8.22. The summed E-state index contributed by atoms with van der Waals surface area (Å²) in [7, 11) is 0. The normalized spacial score (nSPS) is 12.4. The van der Waals surface area contributed by atoms with E-state index in [-0.39, 0.29) is 6.04 Å². The summed E-state index contributed by atoms with van der Waals surface area (Å²) >= 11 is 0. The summed E-state index contributed by atoms with van der Waals surface area (Å²) in [5.74, 6) is 0. The zero-order valence-corrected chi connectivity index (χ0v) is 9.64. The summed E-state index contributed by atoms with van der Waals surface area (Å²) in [5, 5.41) is 0. The molecule has 0 radical (unpaired) electrons. The molecular weight excluding hydrogens is 210 g/mol. The molecule has 0 bridgehead atoms. The minimum absolute atomic E-state index is 0.192. The fraction of sp³-hybridized carbons (Fsp3) is 0.143. The van der Waals surface area contributed by atoms with Crippen LogP contribution < -0.4 is 17.2 Å². The van der Waals surface area contributed by atoms with Gasteiger partial charge in [-0.15, -0.1) is 0 Å². The molecule has 1 atom stereocenters. The second-order valence-electron chi connectivity index (χ2n) is 4.06. The van der Waals surface area contributed by atoms with Gasteiger partial charge in [0.2, 0.25) is 0 Å². The van der Waals surface area contributed by atoms with Crippen molar-refractivity contribution in [3.8, 4) is 0 Å². The molecule has 3 nitrogen and oxygen atoms in total. The number of benzene rings is 2. The quantitative estimate of drug-likeness (QED) is 0.699. The lowest BCUT2D eigenvalue weighted by atomic mass is 9.97. The van der Waals surface area contributed by atoms with Gasteiger partial charge in [-0.1, -0.05) is 42.5 Å². The van der Waals surface area contributed by atoms with Crippen molar-refractivity contribution in [1.29, 1.82) is 0 Å². The minimum Gasteiger partial charge on any atom is -0.398 e. The monoisotopic (exact) mass is 227 g/mol. The van der Waals surface area contributed by atoms with Crippen LogP contribution >= 0.6 is 0 Å². The van der Waals surface area contributed by atoms with Crippen molar-refractivity contribution in [2.45, 2.75) is 12.6 Å². The molecule has 0 heterocycles. The van der Waals surface area contributed by atoms with Crippen LogP contribution in [0.3, 0.4) is 0 Å². The van der Waals surface area contributed by atoms with Crippen LogP contribution in [0, 0.1) is 0 Å². The Kier molecular flexibility index (Phi) is 3.42. The van der Waals surface area contributed by atoms with E-state index < -0.39 is 0 Å². The van der Waals surface area contributed by atoms with Crippen molar-refractivity contribution in [1.82, 2.24) is 0 Å². The van der Waals surface area contributed by atoms with Gasteiger partial charge in [0.15, 0.2) is 0 Å². The van der Waals surface area contributed by atoms with Gasteiger partial charge in [-0.05, 0) is 22.8 Å². The van der Waals surface area contributed by atoms with E-state index >= 15 is 0 Å². The highest BCUT2D eigenvalue weighted by atomic mass is 14.7. The van der Waals surface area contributed by atoms with Crippen LogP contribution in [-0.4, -0.2) is 0 Å². The van der Waals surface area contributed by atoms with Crippen molar-refractivity contribution in [3.05, 3.63) is 65.2 Å². The molecule has 6 N–H and O–H groups in total. The van der Waals surface area contributed by atoms with Gasteiger partial charge >= 0.3 is 0 Å². The lowest BCUT2D eigenvalue weighted by Crippen LogP contribution is -2.14. The highest BCUT2D eigenvalue weighted by molar-refractivity contribution is 5.53. The summed E-state index contributed by atoms with van der Waals surface area (Å²) < 4.78 is 0. The van der Waals surface area contributed by atoms with E-state index in [4.69, 9.17) is 17.2 Å². The number of rotatable bonds is 3. The summed E-state index contributed by atoms with van der Waals surface area (Å²) in [6.45, 7) is 0.491. The maximum absolute atomic E-state index is 6.20. The summed E-state index contributed by atoms with van der Waals surface area (Å²) in [5.41, 5.74) is 21.5. The highest BCUT2D eigenvalue weighted by Gasteiger charge is 2.11. The molecule has 0 amide bonds.